The molecule has 0 aliphatic heterocycles. The number of carbonyl (C=O) groups is 1. The number of benzene rings is 2. The Morgan fingerprint density at radius 2 is 1.43 bits per heavy atom. The van der Waals surface area contributed by atoms with Crippen LogP contribution in [-0.2, 0) is 5.41 Å². The van der Waals surface area contributed by atoms with Gasteiger partial charge < -0.3 is 0 Å². The van der Waals surface area contributed by atoms with Crippen molar-refractivity contribution in [1.82, 2.24) is 0 Å². The summed E-state index contributed by atoms with van der Waals surface area (Å²) in [6.07, 6.45) is 0. The molecule has 0 bridgehead atoms. The molecule has 2 heteroatoms. The van der Waals surface area contributed by atoms with E-state index >= 15 is 0 Å². The first kappa shape index (κ1) is 17.9. The third kappa shape index (κ3) is 4.09. The zero-order chi connectivity index (χ0) is 17.4. The largest absolute Gasteiger partial charge is 0.289 e. The van der Waals surface area contributed by atoms with Gasteiger partial charge >= 0.3 is 0 Å². The van der Waals surface area contributed by atoms with Crippen LogP contribution in [0.1, 0.15) is 58.9 Å². The van der Waals surface area contributed by atoms with E-state index in [1.807, 2.05) is 0 Å². The van der Waals surface area contributed by atoms with Gasteiger partial charge in [0, 0.05) is 5.56 Å². The summed E-state index contributed by atoms with van der Waals surface area (Å²) in [5, 5.41) is 1.16. The first-order valence-electron chi connectivity index (χ1n) is 8.10. The van der Waals surface area contributed by atoms with Crippen LogP contribution in [0, 0.1) is 27.7 Å². The lowest BCUT2D eigenvalue weighted by Crippen LogP contribution is -2.14. The fourth-order valence-corrected chi connectivity index (χ4v) is 4.15. The Morgan fingerprint density at radius 1 is 0.870 bits per heavy atom. The van der Waals surface area contributed by atoms with E-state index in [1.165, 1.54) is 16.7 Å². The summed E-state index contributed by atoms with van der Waals surface area (Å²) in [6.45, 7) is 14.9. The van der Waals surface area contributed by atoms with E-state index in [1.54, 1.807) is 0 Å². The van der Waals surface area contributed by atoms with Crippen molar-refractivity contribution in [3.8, 4) is 0 Å². The highest BCUT2D eigenvalue weighted by molar-refractivity contribution is 7.66. The van der Waals surface area contributed by atoms with E-state index in [-0.39, 0.29) is 19.5 Å². The summed E-state index contributed by atoms with van der Waals surface area (Å²) in [6, 6.07) is 10.7. The van der Waals surface area contributed by atoms with Gasteiger partial charge in [-0.3, -0.25) is 4.79 Å². The van der Waals surface area contributed by atoms with Crippen molar-refractivity contribution < 1.29 is 4.79 Å². The van der Waals surface area contributed by atoms with Gasteiger partial charge in [0.1, 0.15) is 0 Å². The fraction of sp³-hybridized carbons (Fsp3) is 0.381. The Balaban J connectivity index is 2.38. The van der Waals surface area contributed by atoms with E-state index < -0.39 is 0 Å². The van der Waals surface area contributed by atoms with Crippen molar-refractivity contribution in [1.29, 1.82) is 0 Å². The molecule has 0 aliphatic carbocycles. The van der Waals surface area contributed by atoms with Crippen LogP contribution in [0.4, 0.5) is 0 Å². The average Bonchev–Trinajstić information content (AvgIpc) is 2.41. The lowest BCUT2D eigenvalue weighted by atomic mass is 9.84. The van der Waals surface area contributed by atoms with E-state index in [0.717, 1.165) is 22.0 Å². The molecule has 0 saturated heterocycles. The second-order valence-electron chi connectivity index (χ2n) is 7.51. The van der Waals surface area contributed by atoms with E-state index in [9.17, 15) is 4.79 Å². The number of rotatable bonds is 3. The summed E-state index contributed by atoms with van der Waals surface area (Å²) in [5.74, 6) is 0. The van der Waals surface area contributed by atoms with Crippen molar-refractivity contribution in [3.05, 3.63) is 63.7 Å². The second-order valence-corrected chi connectivity index (χ2v) is 8.75. The van der Waals surface area contributed by atoms with Crippen LogP contribution in [0.2, 0.25) is 0 Å². The van der Waals surface area contributed by atoms with Crippen molar-refractivity contribution in [2.24, 2.45) is 0 Å². The molecule has 0 radical (unpaired) electrons. The number of hydrogen-bond acceptors (Lipinski definition) is 1. The molecule has 122 valence electrons. The van der Waals surface area contributed by atoms with Crippen LogP contribution in [0.5, 0.6) is 0 Å². The lowest BCUT2D eigenvalue weighted by Gasteiger charge is -2.22. The van der Waals surface area contributed by atoms with Crippen LogP contribution in [0.3, 0.4) is 0 Å². The molecule has 0 heterocycles. The molecule has 0 aromatic heterocycles. The fourth-order valence-electron chi connectivity index (χ4n) is 2.81. The standard InChI is InChI=1S/C21H27OP/c1-13-8-9-14(2)18(10-13)23-20(22)19-15(3)11-17(12-16(19)4)21(5,6)7/h8-12,23H,1-7H3. The number of hydrogen-bond donors (Lipinski definition) is 0. The number of aryl methyl sites for hydroxylation is 4. The number of carbonyl (C=O) groups excluding carboxylic acids is 1. The first-order chi connectivity index (χ1) is 10.6. The molecule has 0 saturated carbocycles. The maximum absolute atomic E-state index is 12.9. The van der Waals surface area contributed by atoms with Crippen molar-refractivity contribution >= 4 is 19.4 Å². The minimum absolute atomic E-state index is 0.104. The molecular weight excluding hydrogens is 299 g/mol. The third-order valence-electron chi connectivity index (χ3n) is 4.27. The molecule has 0 amide bonds. The smallest absolute Gasteiger partial charge is 0.186 e. The van der Waals surface area contributed by atoms with Gasteiger partial charge in [-0.2, -0.15) is 0 Å². The molecule has 2 aromatic rings. The predicted molar refractivity (Wildman–Crippen MR) is 103 cm³/mol. The highest BCUT2D eigenvalue weighted by Crippen LogP contribution is 2.30. The molecular formula is C21H27OP. The molecule has 2 rings (SSSR count). The summed E-state index contributed by atoms with van der Waals surface area (Å²) >= 11 is 0. The monoisotopic (exact) mass is 326 g/mol. The van der Waals surface area contributed by atoms with Gasteiger partial charge in [0.25, 0.3) is 0 Å². The normalized spacial score (nSPS) is 12.1. The van der Waals surface area contributed by atoms with Crippen LogP contribution < -0.4 is 5.30 Å². The van der Waals surface area contributed by atoms with Gasteiger partial charge in [-0.1, -0.05) is 56.7 Å². The molecule has 0 aliphatic rings. The van der Waals surface area contributed by atoms with Crippen molar-refractivity contribution in [2.45, 2.75) is 53.9 Å². The van der Waals surface area contributed by atoms with Crippen LogP contribution in [0.25, 0.3) is 0 Å². The van der Waals surface area contributed by atoms with E-state index in [2.05, 4.69) is 78.8 Å². The molecule has 1 nitrogen and oxygen atoms in total. The van der Waals surface area contributed by atoms with Gasteiger partial charge in [-0.05, 0) is 69.2 Å². The topological polar surface area (TPSA) is 17.1 Å². The van der Waals surface area contributed by atoms with Gasteiger partial charge in [0.2, 0.25) is 0 Å². The molecule has 1 unspecified atom stereocenters. The predicted octanol–water partition coefficient (Wildman–Crippen LogP) is 5.36. The quantitative estimate of drug-likeness (QED) is 0.694. The van der Waals surface area contributed by atoms with Crippen LogP contribution in [-0.4, -0.2) is 5.52 Å². The summed E-state index contributed by atoms with van der Waals surface area (Å²) < 4.78 is 0. The Labute approximate surface area is 142 Å². The van der Waals surface area contributed by atoms with E-state index in [0.29, 0.717) is 0 Å². The van der Waals surface area contributed by atoms with Crippen molar-refractivity contribution in [3.63, 3.8) is 0 Å². The molecule has 0 spiro atoms. The minimum atomic E-state index is 0.104. The second kappa shape index (κ2) is 6.57. The Hall–Kier alpha value is -1.46. The maximum atomic E-state index is 12.9. The van der Waals surface area contributed by atoms with Gasteiger partial charge in [-0.15, -0.1) is 0 Å². The Kier molecular flexibility index (Phi) is 5.11. The molecule has 2 aromatic carbocycles. The molecule has 0 N–H and O–H groups in total. The summed E-state index contributed by atoms with van der Waals surface area (Å²) in [5.41, 5.74) is 7.14. The lowest BCUT2D eigenvalue weighted by molar-refractivity contribution is 0.108. The highest BCUT2D eigenvalue weighted by Gasteiger charge is 2.19. The van der Waals surface area contributed by atoms with E-state index in [4.69, 9.17) is 0 Å². The molecule has 23 heavy (non-hydrogen) atoms. The average molecular weight is 326 g/mol. The highest BCUT2D eigenvalue weighted by atomic mass is 31.1. The van der Waals surface area contributed by atoms with Gasteiger partial charge in [-0.25, -0.2) is 0 Å². The van der Waals surface area contributed by atoms with Gasteiger partial charge in [0.05, 0.1) is 0 Å². The zero-order valence-electron chi connectivity index (χ0n) is 15.3. The SMILES string of the molecule is Cc1ccc(C)c(PC(=O)c2c(C)cc(C(C)(C)C)cc2C)c1. The summed E-state index contributed by atoms with van der Waals surface area (Å²) in [7, 11) is 0.188. The van der Waals surface area contributed by atoms with Crippen LogP contribution in [0.15, 0.2) is 30.3 Å². The van der Waals surface area contributed by atoms with Crippen molar-refractivity contribution in [2.75, 3.05) is 0 Å². The van der Waals surface area contributed by atoms with Gasteiger partial charge in [0.15, 0.2) is 5.52 Å². The summed E-state index contributed by atoms with van der Waals surface area (Å²) in [4.78, 5) is 12.9. The Morgan fingerprint density at radius 3 is 1.96 bits per heavy atom. The molecule has 1 atom stereocenters. The first-order valence-corrected chi connectivity index (χ1v) is 9.10. The zero-order valence-corrected chi connectivity index (χ0v) is 16.3. The van der Waals surface area contributed by atoms with Crippen LogP contribution >= 0.6 is 8.58 Å². The third-order valence-corrected chi connectivity index (χ3v) is 5.55. The Bertz CT molecular complexity index is 728. The maximum Gasteiger partial charge on any atom is 0.186 e. The minimum Gasteiger partial charge on any atom is -0.289 e. The molecule has 0 fully saturated rings.